The Morgan fingerprint density at radius 2 is 1.93 bits per heavy atom. The van der Waals surface area contributed by atoms with E-state index in [1.165, 1.54) is 12.8 Å². The van der Waals surface area contributed by atoms with Crippen molar-refractivity contribution >= 4 is 5.91 Å². The fourth-order valence-corrected chi connectivity index (χ4v) is 5.68. The van der Waals surface area contributed by atoms with Gasteiger partial charge in [0.1, 0.15) is 5.82 Å². The molecule has 1 aromatic heterocycles. The standard InChI is InChI=1S/C22H27FN4O/c23-18-6-4-16(5-7-18)19-15-27(20(28)3-1-11-26-12-2-10-24-26)21-17-8-13-25(14-9-17)22(19)21/h2,4-7,10,12,17,19,21-22H,1,3,8-9,11,13-15H2/t19-,21+,22+/m0/s1. The van der Waals surface area contributed by atoms with Gasteiger partial charge in [0, 0.05) is 43.9 Å². The molecule has 0 spiro atoms. The van der Waals surface area contributed by atoms with E-state index in [0.29, 0.717) is 24.4 Å². The maximum atomic E-state index is 13.4. The molecule has 3 atom stereocenters. The molecule has 1 amide bonds. The Kier molecular flexibility index (Phi) is 4.67. The van der Waals surface area contributed by atoms with Crippen molar-refractivity contribution in [1.82, 2.24) is 19.6 Å². The number of halogens is 1. The maximum Gasteiger partial charge on any atom is 0.222 e. The van der Waals surface area contributed by atoms with E-state index in [1.807, 2.05) is 29.1 Å². The Bertz CT molecular complexity index is 814. The first kappa shape index (κ1) is 17.9. The SMILES string of the molecule is O=C(CCCn1cccn1)N1C[C@@H](c2ccc(F)cc2)[C@@H]2[C@H]1C1CCN2CC1. The highest BCUT2D eigenvalue weighted by Gasteiger charge is 2.54. The highest BCUT2D eigenvalue weighted by atomic mass is 19.1. The maximum absolute atomic E-state index is 13.4. The molecule has 0 unspecified atom stereocenters. The van der Waals surface area contributed by atoms with Gasteiger partial charge in [0.2, 0.25) is 5.91 Å². The van der Waals surface area contributed by atoms with Gasteiger partial charge in [-0.25, -0.2) is 4.39 Å². The summed E-state index contributed by atoms with van der Waals surface area (Å²) in [4.78, 5) is 17.9. The molecule has 0 radical (unpaired) electrons. The molecule has 0 N–H and O–H groups in total. The monoisotopic (exact) mass is 382 g/mol. The van der Waals surface area contributed by atoms with Crippen molar-refractivity contribution in [2.24, 2.45) is 5.92 Å². The van der Waals surface area contributed by atoms with Crippen LogP contribution in [0, 0.1) is 11.7 Å². The number of hydrogen-bond donors (Lipinski definition) is 0. The van der Waals surface area contributed by atoms with Gasteiger partial charge >= 0.3 is 0 Å². The van der Waals surface area contributed by atoms with Crippen LogP contribution in [-0.4, -0.2) is 57.2 Å². The number of amides is 1. The topological polar surface area (TPSA) is 41.4 Å². The van der Waals surface area contributed by atoms with Crippen molar-refractivity contribution in [2.75, 3.05) is 19.6 Å². The van der Waals surface area contributed by atoms with Gasteiger partial charge in [-0.15, -0.1) is 0 Å². The van der Waals surface area contributed by atoms with Crippen molar-refractivity contribution in [3.8, 4) is 0 Å². The van der Waals surface area contributed by atoms with E-state index in [4.69, 9.17) is 0 Å². The fourth-order valence-electron chi connectivity index (χ4n) is 5.68. The van der Waals surface area contributed by atoms with E-state index in [1.54, 1.807) is 18.3 Å². The zero-order valence-corrected chi connectivity index (χ0v) is 16.1. The van der Waals surface area contributed by atoms with Crippen LogP contribution in [-0.2, 0) is 11.3 Å². The van der Waals surface area contributed by atoms with E-state index in [9.17, 15) is 9.18 Å². The molecule has 0 aliphatic carbocycles. The zero-order valence-electron chi connectivity index (χ0n) is 16.1. The minimum Gasteiger partial charge on any atom is -0.337 e. The van der Waals surface area contributed by atoms with Gasteiger partial charge in [-0.2, -0.15) is 5.10 Å². The van der Waals surface area contributed by atoms with Crippen LogP contribution >= 0.6 is 0 Å². The first-order chi connectivity index (χ1) is 13.7. The lowest BCUT2D eigenvalue weighted by Crippen LogP contribution is -2.60. The van der Waals surface area contributed by atoms with Gasteiger partial charge in [0.05, 0.1) is 6.04 Å². The second-order valence-corrected chi connectivity index (χ2v) is 8.43. The number of aryl methyl sites for hydroxylation is 1. The lowest BCUT2D eigenvalue weighted by molar-refractivity contribution is -0.136. The predicted octanol–water partition coefficient (Wildman–Crippen LogP) is 2.89. The van der Waals surface area contributed by atoms with E-state index >= 15 is 0 Å². The summed E-state index contributed by atoms with van der Waals surface area (Å²) in [7, 11) is 0. The van der Waals surface area contributed by atoms with Crippen LogP contribution in [0.4, 0.5) is 4.39 Å². The molecule has 1 aromatic carbocycles. The second kappa shape index (κ2) is 7.32. The summed E-state index contributed by atoms with van der Waals surface area (Å²) in [6.45, 7) is 3.79. The molecule has 4 aliphatic rings. The molecule has 4 fully saturated rings. The second-order valence-electron chi connectivity index (χ2n) is 8.43. The van der Waals surface area contributed by atoms with Crippen molar-refractivity contribution in [2.45, 2.75) is 50.2 Å². The van der Waals surface area contributed by atoms with Gasteiger partial charge in [-0.05, 0) is 62.0 Å². The molecule has 2 aromatic rings. The Balaban J connectivity index is 1.34. The Morgan fingerprint density at radius 3 is 2.64 bits per heavy atom. The molecule has 5 heterocycles. The Hall–Kier alpha value is -2.21. The highest BCUT2D eigenvalue weighted by molar-refractivity contribution is 5.77. The third-order valence-electron chi connectivity index (χ3n) is 6.95. The summed E-state index contributed by atoms with van der Waals surface area (Å²) in [5.74, 6) is 0.954. The fraction of sp³-hybridized carbons (Fsp3) is 0.545. The van der Waals surface area contributed by atoms with Gasteiger partial charge in [0.15, 0.2) is 0 Å². The molecule has 0 saturated carbocycles. The molecule has 148 valence electrons. The Morgan fingerprint density at radius 1 is 1.14 bits per heavy atom. The molecule has 28 heavy (non-hydrogen) atoms. The smallest absolute Gasteiger partial charge is 0.222 e. The number of rotatable bonds is 5. The van der Waals surface area contributed by atoms with Crippen LogP contribution in [0.25, 0.3) is 0 Å². The van der Waals surface area contributed by atoms with Crippen LogP contribution in [0.5, 0.6) is 0 Å². The Labute approximate surface area is 165 Å². The van der Waals surface area contributed by atoms with E-state index in [2.05, 4.69) is 14.9 Å². The number of likely N-dealkylation sites (tertiary alicyclic amines) is 1. The summed E-state index contributed by atoms with van der Waals surface area (Å²) in [6.07, 6.45) is 7.46. The minimum atomic E-state index is -0.199. The molecule has 5 nitrogen and oxygen atoms in total. The van der Waals surface area contributed by atoms with Gasteiger partial charge in [0.25, 0.3) is 0 Å². The van der Waals surface area contributed by atoms with Crippen LogP contribution in [0.1, 0.15) is 37.2 Å². The number of nitrogens with zero attached hydrogens (tertiary/aromatic N) is 4. The number of fused-ring (bicyclic) bond motifs is 2. The van der Waals surface area contributed by atoms with Crippen LogP contribution in [0.15, 0.2) is 42.7 Å². The number of aromatic nitrogens is 2. The van der Waals surface area contributed by atoms with E-state index < -0.39 is 0 Å². The third-order valence-corrected chi connectivity index (χ3v) is 6.95. The first-order valence-corrected chi connectivity index (χ1v) is 10.5. The summed E-state index contributed by atoms with van der Waals surface area (Å²) in [5, 5.41) is 4.22. The first-order valence-electron chi connectivity index (χ1n) is 10.5. The van der Waals surface area contributed by atoms with Crippen molar-refractivity contribution in [3.63, 3.8) is 0 Å². The molecule has 6 rings (SSSR count). The number of hydrogen-bond acceptors (Lipinski definition) is 3. The van der Waals surface area contributed by atoms with Gasteiger partial charge < -0.3 is 4.90 Å². The van der Waals surface area contributed by atoms with Gasteiger partial charge in [-0.1, -0.05) is 12.1 Å². The van der Waals surface area contributed by atoms with Crippen LogP contribution in [0.2, 0.25) is 0 Å². The summed E-state index contributed by atoms with van der Waals surface area (Å²) >= 11 is 0. The molecule has 6 heteroatoms. The van der Waals surface area contributed by atoms with E-state index in [-0.39, 0.29) is 17.6 Å². The molecular formula is C22H27FN4O. The van der Waals surface area contributed by atoms with E-state index in [0.717, 1.165) is 38.2 Å². The summed E-state index contributed by atoms with van der Waals surface area (Å²) < 4.78 is 15.3. The summed E-state index contributed by atoms with van der Waals surface area (Å²) in [6, 6.07) is 9.53. The third kappa shape index (κ3) is 3.13. The summed E-state index contributed by atoms with van der Waals surface area (Å²) in [5.41, 5.74) is 1.16. The van der Waals surface area contributed by atoms with Crippen molar-refractivity contribution < 1.29 is 9.18 Å². The number of benzene rings is 1. The van der Waals surface area contributed by atoms with Crippen molar-refractivity contribution in [1.29, 1.82) is 0 Å². The minimum absolute atomic E-state index is 0.199. The number of carbonyl (C=O) groups is 1. The number of carbonyl (C=O) groups excluding carboxylic acids is 1. The normalized spacial score (nSPS) is 31.2. The van der Waals surface area contributed by atoms with Crippen LogP contribution < -0.4 is 0 Å². The molecule has 4 aliphatic heterocycles. The lowest BCUT2D eigenvalue weighted by atomic mass is 9.75. The quantitative estimate of drug-likeness (QED) is 0.799. The van der Waals surface area contributed by atoms with Crippen molar-refractivity contribution in [3.05, 3.63) is 54.1 Å². The average Bonchev–Trinajstić information content (AvgIpc) is 3.38. The van der Waals surface area contributed by atoms with Gasteiger partial charge in [-0.3, -0.25) is 14.4 Å². The zero-order chi connectivity index (χ0) is 19.1. The highest BCUT2D eigenvalue weighted by Crippen LogP contribution is 2.46. The number of piperidine rings is 3. The average molecular weight is 382 g/mol. The molecule has 4 saturated heterocycles. The predicted molar refractivity (Wildman–Crippen MR) is 104 cm³/mol. The molecular weight excluding hydrogens is 355 g/mol. The van der Waals surface area contributed by atoms with Crippen LogP contribution in [0.3, 0.4) is 0 Å². The largest absolute Gasteiger partial charge is 0.337 e. The molecule has 2 bridgehead atoms. The lowest BCUT2D eigenvalue weighted by Gasteiger charge is -2.51.